The Morgan fingerprint density at radius 3 is 2.52 bits per heavy atom. The Balaban J connectivity index is 1.71. The van der Waals surface area contributed by atoms with Gasteiger partial charge in [0.1, 0.15) is 6.61 Å². The molecule has 4 nitrogen and oxygen atoms in total. The van der Waals surface area contributed by atoms with E-state index in [4.69, 9.17) is 21.1 Å². The Bertz CT molecular complexity index is 898. The van der Waals surface area contributed by atoms with Crippen LogP contribution in [0.15, 0.2) is 77.9 Å². The predicted octanol–water partition coefficient (Wildman–Crippen LogP) is 5.05. The highest BCUT2D eigenvalue weighted by molar-refractivity contribution is 6.31. The summed E-state index contributed by atoms with van der Waals surface area (Å²) in [4.78, 5) is 0. The molecule has 138 valence electrons. The topological polar surface area (TPSA) is 42.8 Å². The van der Waals surface area contributed by atoms with E-state index in [9.17, 15) is 0 Å². The molecule has 0 aliphatic carbocycles. The van der Waals surface area contributed by atoms with Crippen LogP contribution in [0.3, 0.4) is 0 Å². The molecule has 0 saturated heterocycles. The number of rotatable bonds is 8. The lowest BCUT2D eigenvalue weighted by molar-refractivity contribution is 0.284. The van der Waals surface area contributed by atoms with E-state index in [-0.39, 0.29) is 0 Å². The van der Waals surface area contributed by atoms with Crippen LogP contribution in [0.1, 0.15) is 16.7 Å². The number of benzene rings is 3. The lowest BCUT2D eigenvalue weighted by Gasteiger charge is -2.14. The van der Waals surface area contributed by atoms with E-state index < -0.39 is 0 Å². The second-order valence-corrected chi connectivity index (χ2v) is 6.24. The van der Waals surface area contributed by atoms with Gasteiger partial charge in [0.25, 0.3) is 0 Å². The van der Waals surface area contributed by atoms with Gasteiger partial charge >= 0.3 is 0 Å². The molecule has 0 spiro atoms. The van der Waals surface area contributed by atoms with Gasteiger partial charge in [-0.3, -0.25) is 0 Å². The smallest absolute Gasteiger partial charge is 0.170 e. The van der Waals surface area contributed by atoms with E-state index in [1.165, 1.54) is 0 Å². The van der Waals surface area contributed by atoms with E-state index >= 15 is 0 Å². The number of ether oxygens (including phenoxy) is 2. The first-order valence-electron chi connectivity index (χ1n) is 8.61. The van der Waals surface area contributed by atoms with E-state index in [0.29, 0.717) is 29.7 Å². The quantitative estimate of drug-likeness (QED) is 0.439. The molecule has 5 heteroatoms. The molecule has 3 aromatic carbocycles. The van der Waals surface area contributed by atoms with Crippen molar-refractivity contribution in [2.24, 2.45) is 5.10 Å². The summed E-state index contributed by atoms with van der Waals surface area (Å²) in [5, 5.41) is 4.98. The van der Waals surface area contributed by atoms with E-state index in [1.54, 1.807) is 13.3 Å². The van der Waals surface area contributed by atoms with Gasteiger partial charge in [-0.1, -0.05) is 66.2 Å². The highest BCUT2D eigenvalue weighted by Gasteiger charge is 2.10. The van der Waals surface area contributed by atoms with Crippen LogP contribution in [0.25, 0.3) is 0 Å². The minimum atomic E-state index is 0.346. The molecule has 1 N–H and O–H groups in total. The molecule has 0 amide bonds. The average molecular weight is 381 g/mol. The van der Waals surface area contributed by atoms with Gasteiger partial charge in [-0.2, -0.15) is 5.10 Å². The normalized spacial score (nSPS) is 10.7. The third kappa shape index (κ3) is 5.25. The fraction of sp³-hybridized carbons (Fsp3) is 0.136. The fourth-order valence-electron chi connectivity index (χ4n) is 2.56. The maximum absolute atomic E-state index is 6.22. The summed E-state index contributed by atoms with van der Waals surface area (Å²) in [6, 6.07) is 23.4. The summed E-state index contributed by atoms with van der Waals surface area (Å²) in [6.07, 6.45) is 1.73. The van der Waals surface area contributed by atoms with Crippen molar-refractivity contribution in [3.05, 3.63) is 94.5 Å². The lowest BCUT2D eigenvalue weighted by atomic mass is 10.2. The molecule has 3 rings (SSSR count). The standard InChI is InChI=1S/C22H21ClN2O2/c1-26-21-13-7-11-18(15-25-24-14-17-8-3-2-4-9-17)22(21)27-16-19-10-5-6-12-20(19)23/h2-13,15,24H,14,16H2,1H3. The third-order valence-corrected chi connectivity index (χ3v) is 4.35. The molecule has 0 atom stereocenters. The van der Waals surface area contributed by atoms with Gasteiger partial charge in [-0.25, -0.2) is 0 Å². The van der Waals surface area contributed by atoms with Gasteiger partial charge in [0, 0.05) is 16.1 Å². The Morgan fingerprint density at radius 1 is 0.963 bits per heavy atom. The number of para-hydroxylation sites is 1. The highest BCUT2D eigenvalue weighted by Crippen LogP contribution is 2.31. The molecule has 0 aromatic heterocycles. The van der Waals surface area contributed by atoms with Crippen molar-refractivity contribution in [3.8, 4) is 11.5 Å². The lowest BCUT2D eigenvalue weighted by Crippen LogP contribution is -2.06. The van der Waals surface area contributed by atoms with Crippen molar-refractivity contribution in [1.29, 1.82) is 0 Å². The molecule has 0 unspecified atom stereocenters. The largest absolute Gasteiger partial charge is 0.493 e. The van der Waals surface area contributed by atoms with Gasteiger partial charge < -0.3 is 14.9 Å². The summed E-state index contributed by atoms with van der Waals surface area (Å²) < 4.78 is 11.5. The number of nitrogens with zero attached hydrogens (tertiary/aromatic N) is 1. The molecule has 0 bridgehead atoms. The molecule has 0 saturated carbocycles. The van der Waals surface area contributed by atoms with Gasteiger partial charge in [0.15, 0.2) is 11.5 Å². The van der Waals surface area contributed by atoms with Gasteiger partial charge in [0.2, 0.25) is 0 Å². The van der Waals surface area contributed by atoms with Crippen molar-refractivity contribution >= 4 is 17.8 Å². The number of halogens is 1. The van der Waals surface area contributed by atoms with Gasteiger partial charge in [-0.05, 0) is 23.8 Å². The highest BCUT2D eigenvalue weighted by atomic mass is 35.5. The van der Waals surface area contributed by atoms with Crippen LogP contribution < -0.4 is 14.9 Å². The van der Waals surface area contributed by atoms with Crippen LogP contribution in [0, 0.1) is 0 Å². The second kappa shape index (κ2) is 9.64. The molecule has 0 aliphatic rings. The van der Waals surface area contributed by atoms with Crippen LogP contribution >= 0.6 is 11.6 Å². The molecular weight excluding hydrogens is 360 g/mol. The zero-order valence-corrected chi connectivity index (χ0v) is 15.8. The van der Waals surface area contributed by atoms with Crippen molar-refractivity contribution in [2.75, 3.05) is 7.11 Å². The third-order valence-electron chi connectivity index (χ3n) is 3.98. The number of hydrogen-bond donors (Lipinski definition) is 1. The van der Waals surface area contributed by atoms with Crippen molar-refractivity contribution in [3.63, 3.8) is 0 Å². The molecule has 27 heavy (non-hydrogen) atoms. The van der Waals surface area contributed by atoms with Crippen molar-refractivity contribution in [1.82, 2.24) is 5.43 Å². The van der Waals surface area contributed by atoms with Crippen LogP contribution in [0.4, 0.5) is 0 Å². The minimum Gasteiger partial charge on any atom is -0.493 e. The monoisotopic (exact) mass is 380 g/mol. The Morgan fingerprint density at radius 2 is 1.74 bits per heavy atom. The van der Waals surface area contributed by atoms with Gasteiger partial charge in [0.05, 0.1) is 19.9 Å². The average Bonchev–Trinajstić information content (AvgIpc) is 2.71. The zero-order chi connectivity index (χ0) is 18.9. The summed E-state index contributed by atoms with van der Waals surface area (Å²) in [5.74, 6) is 1.28. The predicted molar refractivity (Wildman–Crippen MR) is 110 cm³/mol. The molecule has 0 heterocycles. The summed E-state index contributed by atoms with van der Waals surface area (Å²) >= 11 is 6.22. The summed E-state index contributed by atoms with van der Waals surface area (Å²) in [7, 11) is 1.62. The summed E-state index contributed by atoms with van der Waals surface area (Å²) in [6.45, 7) is 0.995. The van der Waals surface area contributed by atoms with Crippen LogP contribution in [0.5, 0.6) is 11.5 Å². The summed E-state index contributed by atoms with van der Waals surface area (Å²) in [5.41, 5.74) is 5.95. The Hall–Kier alpha value is -2.98. The number of nitrogens with one attached hydrogen (secondary N) is 1. The van der Waals surface area contributed by atoms with Crippen molar-refractivity contribution in [2.45, 2.75) is 13.2 Å². The van der Waals surface area contributed by atoms with E-state index in [2.05, 4.69) is 10.5 Å². The molecule has 0 aliphatic heterocycles. The molecular formula is C22H21ClN2O2. The number of methoxy groups -OCH3 is 1. The first kappa shape index (κ1) is 18.8. The Labute approximate surface area is 164 Å². The van der Waals surface area contributed by atoms with Gasteiger partial charge in [-0.15, -0.1) is 0 Å². The van der Waals surface area contributed by atoms with E-state index in [0.717, 1.165) is 16.7 Å². The SMILES string of the molecule is COc1cccc(C=NNCc2ccccc2)c1OCc1ccccc1Cl. The van der Waals surface area contributed by atoms with E-state index in [1.807, 2.05) is 72.8 Å². The zero-order valence-electron chi connectivity index (χ0n) is 15.1. The molecule has 0 fully saturated rings. The van der Waals surface area contributed by atoms with Crippen LogP contribution in [-0.4, -0.2) is 13.3 Å². The first-order chi connectivity index (χ1) is 13.3. The minimum absolute atomic E-state index is 0.346. The number of hydrogen-bond acceptors (Lipinski definition) is 4. The van der Waals surface area contributed by atoms with Crippen molar-refractivity contribution < 1.29 is 9.47 Å². The first-order valence-corrected chi connectivity index (χ1v) is 8.99. The Kier molecular flexibility index (Phi) is 6.72. The molecule has 0 radical (unpaired) electrons. The molecule has 3 aromatic rings. The second-order valence-electron chi connectivity index (χ2n) is 5.84. The van der Waals surface area contributed by atoms with Crippen LogP contribution in [0.2, 0.25) is 5.02 Å². The van der Waals surface area contributed by atoms with Crippen LogP contribution in [-0.2, 0) is 13.2 Å². The number of hydrazone groups is 1. The maximum atomic E-state index is 6.22. The fourth-order valence-corrected chi connectivity index (χ4v) is 2.75. The maximum Gasteiger partial charge on any atom is 0.170 e.